The van der Waals surface area contributed by atoms with Gasteiger partial charge >= 0.3 is 0 Å². The largest absolute Gasteiger partial charge is 0.324 e. The van der Waals surface area contributed by atoms with Crippen LogP contribution < -0.4 is 5.73 Å². The first-order chi connectivity index (χ1) is 5.91. The van der Waals surface area contributed by atoms with E-state index in [1.807, 2.05) is 12.1 Å². The molecule has 1 aromatic carbocycles. The van der Waals surface area contributed by atoms with E-state index in [4.69, 9.17) is 5.73 Å². The third-order valence-electron chi connectivity index (χ3n) is 2.14. The zero-order valence-electron chi connectivity index (χ0n) is 8.75. The highest BCUT2D eigenvalue weighted by molar-refractivity contribution is 9.10. The molecule has 0 aliphatic rings. The van der Waals surface area contributed by atoms with E-state index in [0.717, 1.165) is 4.47 Å². The van der Waals surface area contributed by atoms with E-state index >= 15 is 0 Å². The molecule has 14 heavy (non-hydrogen) atoms. The topological polar surface area (TPSA) is 26.0 Å². The van der Waals surface area contributed by atoms with Gasteiger partial charge in [-0.25, -0.2) is 0 Å². The SMILES string of the molecule is CC(C)(C)[C@@H](N)c1cccc(Br)c1.Cl. The smallest absolute Gasteiger partial charge is 0.0344 e. The Morgan fingerprint density at radius 2 is 1.86 bits per heavy atom. The van der Waals surface area contributed by atoms with Crippen molar-refractivity contribution in [3.8, 4) is 0 Å². The van der Waals surface area contributed by atoms with Crippen LogP contribution in [-0.4, -0.2) is 0 Å². The van der Waals surface area contributed by atoms with Crippen molar-refractivity contribution in [2.24, 2.45) is 11.1 Å². The van der Waals surface area contributed by atoms with Crippen LogP contribution in [-0.2, 0) is 0 Å². The maximum atomic E-state index is 6.12. The lowest BCUT2D eigenvalue weighted by atomic mass is 9.83. The molecule has 0 bridgehead atoms. The van der Waals surface area contributed by atoms with Gasteiger partial charge in [0.25, 0.3) is 0 Å². The number of halogens is 2. The molecule has 0 amide bonds. The molecule has 0 aliphatic heterocycles. The van der Waals surface area contributed by atoms with Gasteiger partial charge in [-0.15, -0.1) is 12.4 Å². The molecule has 0 spiro atoms. The van der Waals surface area contributed by atoms with Gasteiger partial charge in [-0.2, -0.15) is 0 Å². The Kier molecular flexibility index (Phi) is 5.13. The zero-order valence-corrected chi connectivity index (χ0v) is 11.2. The van der Waals surface area contributed by atoms with Crippen molar-refractivity contribution in [3.05, 3.63) is 34.3 Å². The Morgan fingerprint density at radius 3 is 2.29 bits per heavy atom. The van der Waals surface area contributed by atoms with Gasteiger partial charge in [-0.05, 0) is 23.1 Å². The van der Waals surface area contributed by atoms with E-state index in [-0.39, 0.29) is 23.9 Å². The highest BCUT2D eigenvalue weighted by Gasteiger charge is 2.21. The van der Waals surface area contributed by atoms with E-state index in [9.17, 15) is 0 Å². The molecule has 0 saturated carbocycles. The van der Waals surface area contributed by atoms with Crippen molar-refractivity contribution >= 4 is 28.3 Å². The lowest BCUT2D eigenvalue weighted by molar-refractivity contribution is 0.327. The summed E-state index contributed by atoms with van der Waals surface area (Å²) in [6, 6.07) is 8.27. The minimum absolute atomic E-state index is 0. The third kappa shape index (κ3) is 3.60. The second-order valence-corrected chi connectivity index (χ2v) is 5.31. The van der Waals surface area contributed by atoms with E-state index in [1.165, 1.54) is 5.56 Å². The molecule has 0 fully saturated rings. The summed E-state index contributed by atoms with van der Waals surface area (Å²) in [6.07, 6.45) is 0. The average Bonchev–Trinajstić information content (AvgIpc) is 2.01. The summed E-state index contributed by atoms with van der Waals surface area (Å²) in [7, 11) is 0. The molecule has 0 heterocycles. The number of rotatable bonds is 1. The standard InChI is InChI=1S/C11H16BrN.ClH/c1-11(2,3)10(13)8-5-4-6-9(12)7-8;/h4-7,10H,13H2,1-3H3;1H/t10-;/m0./s1. The maximum Gasteiger partial charge on any atom is 0.0344 e. The van der Waals surface area contributed by atoms with Gasteiger partial charge in [-0.1, -0.05) is 48.8 Å². The molecule has 0 unspecified atom stereocenters. The van der Waals surface area contributed by atoms with E-state index < -0.39 is 0 Å². The van der Waals surface area contributed by atoms with Gasteiger partial charge < -0.3 is 5.73 Å². The van der Waals surface area contributed by atoms with Crippen LogP contribution >= 0.6 is 28.3 Å². The lowest BCUT2D eigenvalue weighted by Gasteiger charge is -2.27. The summed E-state index contributed by atoms with van der Waals surface area (Å²) in [5.41, 5.74) is 7.41. The highest BCUT2D eigenvalue weighted by atomic mass is 79.9. The van der Waals surface area contributed by atoms with Crippen molar-refractivity contribution in [2.45, 2.75) is 26.8 Å². The summed E-state index contributed by atoms with van der Waals surface area (Å²) in [4.78, 5) is 0. The Morgan fingerprint density at radius 1 is 1.29 bits per heavy atom. The normalized spacial score (nSPS) is 13.2. The first-order valence-corrected chi connectivity index (χ1v) is 5.21. The Labute approximate surface area is 101 Å². The molecule has 80 valence electrons. The van der Waals surface area contributed by atoms with Crippen molar-refractivity contribution in [3.63, 3.8) is 0 Å². The molecule has 0 saturated heterocycles. The lowest BCUT2D eigenvalue weighted by Crippen LogP contribution is -2.26. The molecule has 2 N–H and O–H groups in total. The van der Waals surface area contributed by atoms with E-state index in [1.54, 1.807) is 0 Å². The summed E-state index contributed by atoms with van der Waals surface area (Å²) in [6.45, 7) is 6.45. The Balaban J connectivity index is 0.00000169. The zero-order chi connectivity index (χ0) is 10.1. The van der Waals surface area contributed by atoms with Crippen molar-refractivity contribution in [1.29, 1.82) is 0 Å². The van der Waals surface area contributed by atoms with Crippen LogP contribution in [0.1, 0.15) is 32.4 Å². The quantitative estimate of drug-likeness (QED) is 0.828. The molecule has 0 aliphatic carbocycles. The number of benzene rings is 1. The number of hydrogen-bond donors (Lipinski definition) is 1. The molecular formula is C11H17BrClN. The Bertz CT molecular complexity index is 294. The molecular weight excluding hydrogens is 261 g/mol. The van der Waals surface area contributed by atoms with Crippen molar-refractivity contribution in [1.82, 2.24) is 0 Å². The highest BCUT2D eigenvalue weighted by Crippen LogP contribution is 2.31. The molecule has 3 heteroatoms. The van der Waals surface area contributed by atoms with Crippen LogP contribution in [0, 0.1) is 5.41 Å². The predicted octanol–water partition coefficient (Wildman–Crippen LogP) is 3.92. The van der Waals surface area contributed by atoms with Gasteiger partial charge in [0.1, 0.15) is 0 Å². The third-order valence-corrected chi connectivity index (χ3v) is 2.63. The summed E-state index contributed by atoms with van der Waals surface area (Å²) < 4.78 is 1.09. The molecule has 0 aromatic heterocycles. The van der Waals surface area contributed by atoms with Gasteiger partial charge in [-0.3, -0.25) is 0 Å². The summed E-state index contributed by atoms with van der Waals surface area (Å²) in [5.74, 6) is 0. The predicted molar refractivity (Wildman–Crippen MR) is 67.8 cm³/mol. The van der Waals surface area contributed by atoms with Crippen LogP contribution in [0.5, 0.6) is 0 Å². The van der Waals surface area contributed by atoms with Crippen LogP contribution in [0.2, 0.25) is 0 Å². The van der Waals surface area contributed by atoms with E-state index in [0.29, 0.717) is 0 Å². The minimum Gasteiger partial charge on any atom is -0.324 e. The van der Waals surface area contributed by atoms with Crippen molar-refractivity contribution in [2.75, 3.05) is 0 Å². The van der Waals surface area contributed by atoms with Gasteiger partial charge in [0.15, 0.2) is 0 Å². The van der Waals surface area contributed by atoms with Crippen molar-refractivity contribution < 1.29 is 0 Å². The average molecular weight is 279 g/mol. The number of hydrogen-bond acceptors (Lipinski definition) is 1. The Hall–Kier alpha value is -0.0500. The molecule has 0 radical (unpaired) electrons. The molecule has 1 rings (SSSR count). The van der Waals surface area contributed by atoms with Crippen LogP contribution in [0.4, 0.5) is 0 Å². The first-order valence-electron chi connectivity index (χ1n) is 4.42. The summed E-state index contributed by atoms with van der Waals surface area (Å²) >= 11 is 3.44. The fraction of sp³-hybridized carbons (Fsp3) is 0.455. The number of nitrogens with two attached hydrogens (primary N) is 1. The second kappa shape index (κ2) is 5.15. The molecule has 1 atom stereocenters. The summed E-state index contributed by atoms with van der Waals surface area (Å²) in [5, 5.41) is 0. The van der Waals surface area contributed by atoms with Crippen LogP contribution in [0.15, 0.2) is 28.7 Å². The molecule has 1 aromatic rings. The second-order valence-electron chi connectivity index (χ2n) is 4.40. The maximum absolute atomic E-state index is 6.12. The fourth-order valence-corrected chi connectivity index (χ4v) is 1.62. The monoisotopic (exact) mass is 277 g/mol. The van der Waals surface area contributed by atoms with Gasteiger partial charge in [0.2, 0.25) is 0 Å². The van der Waals surface area contributed by atoms with Crippen LogP contribution in [0.3, 0.4) is 0 Å². The van der Waals surface area contributed by atoms with Gasteiger partial charge in [0.05, 0.1) is 0 Å². The van der Waals surface area contributed by atoms with E-state index in [2.05, 4.69) is 48.8 Å². The van der Waals surface area contributed by atoms with Crippen LogP contribution in [0.25, 0.3) is 0 Å². The minimum atomic E-state index is 0. The first kappa shape index (κ1) is 13.9. The molecule has 1 nitrogen and oxygen atoms in total. The fourth-order valence-electron chi connectivity index (χ4n) is 1.20. The van der Waals surface area contributed by atoms with Gasteiger partial charge in [0, 0.05) is 10.5 Å².